The van der Waals surface area contributed by atoms with Crippen LogP contribution in [0.4, 0.5) is 11.4 Å². The summed E-state index contributed by atoms with van der Waals surface area (Å²) in [6, 6.07) is 5.85. The molecule has 0 saturated heterocycles. The molecule has 4 N–H and O–H groups in total. The Hall–Kier alpha value is -1.33. The number of nitrogens with two attached hydrogens (primary N) is 1. The number of nitrogens with one attached hydrogen (secondary N) is 1. The van der Waals surface area contributed by atoms with Gasteiger partial charge in [-0.3, -0.25) is 4.98 Å². The zero-order chi connectivity index (χ0) is 14.0. The van der Waals surface area contributed by atoms with Crippen molar-refractivity contribution in [2.24, 2.45) is 0 Å². The minimum Gasteiger partial charge on any atom is -0.396 e. The number of aromatic nitrogens is 1. The van der Waals surface area contributed by atoms with Gasteiger partial charge in [-0.2, -0.15) is 0 Å². The number of nitrogens with zero attached hydrogens (tertiary/aromatic N) is 1. The van der Waals surface area contributed by atoms with Crippen LogP contribution >= 0.6 is 15.9 Å². The summed E-state index contributed by atoms with van der Waals surface area (Å²) in [5, 5.41) is 14.3. The lowest BCUT2D eigenvalue weighted by molar-refractivity contribution is 0.0698. The molecule has 1 heterocycles. The maximum atomic E-state index is 10.1. The van der Waals surface area contributed by atoms with Gasteiger partial charge in [0.1, 0.15) is 0 Å². The topological polar surface area (TPSA) is 71.2 Å². The van der Waals surface area contributed by atoms with Gasteiger partial charge in [-0.05, 0) is 31.5 Å². The van der Waals surface area contributed by atoms with Crippen LogP contribution in [0.5, 0.6) is 0 Å². The monoisotopic (exact) mass is 323 g/mol. The number of nitrogen functional groups attached to an aromatic ring is 1. The first-order valence-electron chi connectivity index (χ1n) is 6.23. The number of fused-ring (bicyclic) bond motifs is 1. The van der Waals surface area contributed by atoms with Gasteiger partial charge in [0, 0.05) is 16.4 Å². The molecule has 102 valence electrons. The third kappa shape index (κ3) is 3.16. The van der Waals surface area contributed by atoms with Gasteiger partial charge in [-0.15, -0.1) is 0 Å². The van der Waals surface area contributed by atoms with Crippen LogP contribution < -0.4 is 11.1 Å². The summed E-state index contributed by atoms with van der Waals surface area (Å²) in [6.45, 7) is 4.20. The molecule has 0 fully saturated rings. The van der Waals surface area contributed by atoms with Crippen LogP contribution in [0.15, 0.2) is 28.9 Å². The molecular formula is C14H18BrN3O. The summed E-state index contributed by atoms with van der Waals surface area (Å²) in [6.07, 6.45) is 2.31. The van der Waals surface area contributed by atoms with Crippen molar-refractivity contribution in [3.05, 3.63) is 28.9 Å². The van der Waals surface area contributed by atoms with Gasteiger partial charge >= 0.3 is 0 Å². The van der Waals surface area contributed by atoms with E-state index in [1.165, 1.54) is 0 Å². The first-order chi connectivity index (χ1) is 8.93. The van der Waals surface area contributed by atoms with Crippen molar-refractivity contribution in [3.63, 3.8) is 0 Å². The minimum absolute atomic E-state index is 0.444. The molecule has 0 aliphatic carbocycles. The Bertz CT molecular complexity index is 593. The van der Waals surface area contributed by atoms with E-state index in [9.17, 15) is 5.11 Å². The smallest absolute Gasteiger partial charge is 0.0788 e. The third-order valence-corrected chi connectivity index (χ3v) is 3.76. The van der Waals surface area contributed by atoms with E-state index in [0.29, 0.717) is 18.7 Å². The zero-order valence-corrected chi connectivity index (χ0v) is 12.7. The molecule has 1 aromatic heterocycles. The number of hydrogen-bond acceptors (Lipinski definition) is 4. The number of halogens is 1. The van der Waals surface area contributed by atoms with Gasteiger partial charge in [0.2, 0.25) is 0 Å². The molecule has 1 aromatic carbocycles. The predicted molar refractivity (Wildman–Crippen MR) is 83.3 cm³/mol. The molecular weight excluding hydrogens is 306 g/mol. The fourth-order valence-corrected chi connectivity index (χ4v) is 2.14. The molecule has 1 unspecified atom stereocenters. The van der Waals surface area contributed by atoms with E-state index < -0.39 is 5.60 Å². The molecule has 2 aromatic rings. The number of rotatable bonds is 4. The van der Waals surface area contributed by atoms with E-state index in [4.69, 9.17) is 5.73 Å². The Balaban J connectivity index is 2.41. The Morgan fingerprint density at radius 3 is 2.89 bits per heavy atom. The van der Waals surface area contributed by atoms with Crippen LogP contribution in [0.2, 0.25) is 0 Å². The maximum Gasteiger partial charge on any atom is 0.0788 e. The number of hydrogen-bond donors (Lipinski definition) is 3. The normalized spacial score (nSPS) is 14.3. The second kappa shape index (κ2) is 5.35. The van der Waals surface area contributed by atoms with Gasteiger partial charge in [-0.25, -0.2) is 0 Å². The van der Waals surface area contributed by atoms with Gasteiger partial charge in [0.15, 0.2) is 0 Å². The Morgan fingerprint density at radius 2 is 2.21 bits per heavy atom. The van der Waals surface area contributed by atoms with Gasteiger partial charge in [-0.1, -0.05) is 22.9 Å². The van der Waals surface area contributed by atoms with Crippen LogP contribution in [-0.4, -0.2) is 22.2 Å². The summed E-state index contributed by atoms with van der Waals surface area (Å²) in [4.78, 5) is 4.30. The summed E-state index contributed by atoms with van der Waals surface area (Å²) < 4.78 is 0.970. The molecule has 5 heteroatoms. The Labute approximate surface area is 121 Å². The fraction of sp³-hybridized carbons (Fsp3) is 0.357. The van der Waals surface area contributed by atoms with Gasteiger partial charge in [0.05, 0.1) is 28.7 Å². The summed E-state index contributed by atoms with van der Waals surface area (Å²) >= 11 is 3.45. The van der Waals surface area contributed by atoms with Crippen LogP contribution in [0.3, 0.4) is 0 Å². The van der Waals surface area contributed by atoms with E-state index in [1.54, 1.807) is 13.1 Å². The van der Waals surface area contributed by atoms with Crippen molar-refractivity contribution < 1.29 is 5.11 Å². The van der Waals surface area contributed by atoms with Crippen molar-refractivity contribution in [3.8, 4) is 0 Å². The largest absolute Gasteiger partial charge is 0.396 e. The highest BCUT2D eigenvalue weighted by atomic mass is 79.9. The van der Waals surface area contributed by atoms with Crippen molar-refractivity contribution in [2.75, 3.05) is 17.6 Å². The average molecular weight is 324 g/mol. The number of aliphatic hydroxyl groups is 1. The lowest BCUT2D eigenvalue weighted by Gasteiger charge is -2.23. The molecule has 0 bridgehead atoms. The van der Waals surface area contributed by atoms with E-state index in [0.717, 1.165) is 21.1 Å². The van der Waals surface area contributed by atoms with Crippen molar-refractivity contribution in [1.82, 2.24) is 4.98 Å². The van der Waals surface area contributed by atoms with Crippen molar-refractivity contribution in [2.45, 2.75) is 25.9 Å². The van der Waals surface area contributed by atoms with E-state index in [-0.39, 0.29) is 0 Å². The van der Waals surface area contributed by atoms with Crippen LogP contribution in [0.1, 0.15) is 20.3 Å². The lowest BCUT2D eigenvalue weighted by atomic mass is 10.0. The molecule has 0 spiro atoms. The first kappa shape index (κ1) is 14.1. The number of pyridine rings is 1. The molecule has 19 heavy (non-hydrogen) atoms. The summed E-state index contributed by atoms with van der Waals surface area (Å²) in [5.74, 6) is 0. The van der Waals surface area contributed by atoms with Crippen molar-refractivity contribution in [1.29, 1.82) is 0 Å². The minimum atomic E-state index is -0.756. The second-order valence-electron chi connectivity index (χ2n) is 4.95. The molecule has 1 atom stereocenters. The Morgan fingerprint density at radius 1 is 1.47 bits per heavy atom. The highest BCUT2D eigenvalue weighted by Gasteiger charge is 2.18. The molecule has 0 saturated carbocycles. The average Bonchev–Trinajstić information content (AvgIpc) is 2.37. The number of anilines is 2. The first-order valence-corrected chi connectivity index (χ1v) is 7.02. The van der Waals surface area contributed by atoms with Crippen LogP contribution in [-0.2, 0) is 0 Å². The number of benzene rings is 1. The predicted octanol–water partition coefficient (Wildman–Crippen LogP) is 3.15. The molecule has 0 amide bonds. The van der Waals surface area contributed by atoms with E-state index in [2.05, 4.69) is 26.2 Å². The standard InChI is InChI=1S/C14H18BrN3O/c1-3-14(2,19)8-18-13-10-6-9(15)4-5-12(10)17-7-11(13)16/h4-7,19H,3,8,16H2,1-2H3,(H,17,18). The molecule has 0 aliphatic heterocycles. The second-order valence-corrected chi connectivity index (χ2v) is 5.87. The fourth-order valence-electron chi connectivity index (χ4n) is 1.78. The van der Waals surface area contributed by atoms with Gasteiger partial charge in [0.25, 0.3) is 0 Å². The van der Waals surface area contributed by atoms with Crippen LogP contribution in [0, 0.1) is 0 Å². The zero-order valence-electron chi connectivity index (χ0n) is 11.1. The van der Waals surface area contributed by atoms with E-state index >= 15 is 0 Å². The molecule has 4 nitrogen and oxygen atoms in total. The highest BCUT2D eigenvalue weighted by molar-refractivity contribution is 9.10. The quantitative estimate of drug-likeness (QED) is 0.808. The van der Waals surface area contributed by atoms with Crippen LogP contribution in [0.25, 0.3) is 10.9 Å². The van der Waals surface area contributed by atoms with Gasteiger partial charge < -0.3 is 16.2 Å². The lowest BCUT2D eigenvalue weighted by Crippen LogP contribution is -2.32. The maximum absolute atomic E-state index is 10.1. The van der Waals surface area contributed by atoms with Crippen molar-refractivity contribution >= 4 is 38.2 Å². The highest BCUT2D eigenvalue weighted by Crippen LogP contribution is 2.30. The summed E-state index contributed by atoms with van der Waals surface area (Å²) in [7, 11) is 0. The molecule has 0 aliphatic rings. The SMILES string of the molecule is CCC(C)(O)CNc1c(N)cnc2ccc(Br)cc12. The third-order valence-electron chi connectivity index (χ3n) is 3.27. The Kier molecular flexibility index (Phi) is 3.96. The summed E-state index contributed by atoms with van der Waals surface area (Å²) in [5.41, 5.74) is 7.50. The molecule has 0 radical (unpaired) electrons. The van der Waals surface area contributed by atoms with E-state index in [1.807, 2.05) is 25.1 Å². The molecule has 2 rings (SSSR count).